The zero-order valence-corrected chi connectivity index (χ0v) is 19.4. The Morgan fingerprint density at radius 3 is 2.30 bits per heavy atom. The van der Waals surface area contributed by atoms with E-state index in [0.29, 0.717) is 22.8 Å². The van der Waals surface area contributed by atoms with Crippen molar-refractivity contribution >= 4 is 11.8 Å². The average molecular weight is 452 g/mol. The van der Waals surface area contributed by atoms with Gasteiger partial charge in [0.2, 0.25) is 5.91 Å². The standard InChI is InChI=1S/C25H29N3O5/c1-15(2)23(25(30)26-16(3)17-9-7-6-8-10-17)27-24(29)20-14-22(33-28-20)19-12-11-18(31-4)13-21(19)32-5/h6-16,23H,1-5H3,(H,26,30)(H,27,29)/t16-,23-/m1/s1. The topological polar surface area (TPSA) is 103 Å². The third-order valence-electron chi connectivity index (χ3n) is 5.31. The quantitative estimate of drug-likeness (QED) is 0.510. The molecule has 0 saturated carbocycles. The van der Waals surface area contributed by atoms with Crippen molar-refractivity contribution in [1.82, 2.24) is 15.8 Å². The van der Waals surface area contributed by atoms with Crippen molar-refractivity contribution in [1.29, 1.82) is 0 Å². The molecule has 3 aromatic rings. The zero-order chi connectivity index (χ0) is 24.0. The first-order valence-corrected chi connectivity index (χ1v) is 10.7. The summed E-state index contributed by atoms with van der Waals surface area (Å²) in [5.74, 6) is 0.609. The molecule has 0 aliphatic carbocycles. The Bertz CT molecular complexity index is 1090. The van der Waals surface area contributed by atoms with E-state index in [4.69, 9.17) is 14.0 Å². The number of hydrogen-bond donors (Lipinski definition) is 2. The number of amides is 2. The van der Waals surface area contributed by atoms with Crippen LogP contribution in [0.1, 0.15) is 42.9 Å². The summed E-state index contributed by atoms with van der Waals surface area (Å²) in [5.41, 5.74) is 1.67. The SMILES string of the molecule is COc1ccc(-c2cc(C(=O)N[C@@H](C(=O)N[C@H](C)c3ccccc3)C(C)C)no2)c(OC)c1. The van der Waals surface area contributed by atoms with Crippen LogP contribution in [0, 0.1) is 5.92 Å². The van der Waals surface area contributed by atoms with E-state index in [1.54, 1.807) is 25.3 Å². The van der Waals surface area contributed by atoms with Gasteiger partial charge in [0.25, 0.3) is 5.91 Å². The van der Waals surface area contributed by atoms with Gasteiger partial charge in [-0.3, -0.25) is 9.59 Å². The highest BCUT2D eigenvalue weighted by atomic mass is 16.5. The highest BCUT2D eigenvalue weighted by Crippen LogP contribution is 2.33. The molecule has 3 rings (SSSR count). The van der Waals surface area contributed by atoms with Crippen LogP contribution in [0.25, 0.3) is 11.3 Å². The van der Waals surface area contributed by atoms with Gasteiger partial charge in [-0.2, -0.15) is 0 Å². The van der Waals surface area contributed by atoms with E-state index < -0.39 is 11.9 Å². The molecule has 0 aliphatic heterocycles. The Labute approximate surface area is 193 Å². The summed E-state index contributed by atoms with van der Waals surface area (Å²) in [6.45, 7) is 5.64. The molecule has 2 amide bonds. The van der Waals surface area contributed by atoms with Crippen LogP contribution in [0.15, 0.2) is 59.1 Å². The van der Waals surface area contributed by atoms with E-state index in [-0.39, 0.29) is 23.6 Å². The van der Waals surface area contributed by atoms with Crippen molar-refractivity contribution in [2.75, 3.05) is 14.2 Å². The van der Waals surface area contributed by atoms with Gasteiger partial charge in [-0.25, -0.2) is 0 Å². The summed E-state index contributed by atoms with van der Waals surface area (Å²) in [4.78, 5) is 25.8. The maximum atomic E-state index is 12.9. The molecular weight excluding hydrogens is 422 g/mol. The zero-order valence-electron chi connectivity index (χ0n) is 19.4. The summed E-state index contributed by atoms with van der Waals surface area (Å²) in [6, 6.07) is 15.4. The Hall–Kier alpha value is -3.81. The van der Waals surface area contributed by atoms with Gasteiger partial charge < -0.3 is 24.6 Å². The molecule has 0 aliphatic rings. The largest absolute Gasteiger partial charge is 0.497 e. The van der Waals surface area contributed by atoms with E-state index in [2.05, 4.69) is 15.8 Å². The van der Waals surface area contributed by atoms with Crippen molar-refractivity contribution in [3.63, 3.8) is 0 Å². The van der Waals surface area contributed by atoms with Gasteiger partial charge in [0.1, 0.15) is 17.5 Å². The number of carbonyl (C=O) groups excluding carboxylic acids is 2. The number of carbonyl (C=O) groups is 2. The summed E-state index contributed by atoms with van der Waals surface area (Å²) >= 11 is 0. The fourth-order valence-electron chi connectivity index (χ4n) is 3.39. The van der Waals surface area contributed by atoms with E-state index in [1.165, 1.54) is 13.2 Å². The van der Waals surface area contributed by atoms with Crippen LogP contribution >= 0.6 is 0 Å². The number of benzene rings is 2. The van der Waals surface area contributed by atoms with Crippen molar-refractivity contribution in [2.24, 2.45) is 5.92 Å². The Morgan fingerprint density at radius 1 is 0.939 bits per heavy atom. The van der Waals surface area contributed by atoms with E-state index in [9.17, 15) is 9.59 Å². The Kier molecular flexibility index (Phi) is 7.71. The van der Waals surface area contributed by atoms with Crippen LogP contribution in [0.3, 0.4) is 0 Å². The lowest BCUT2D eigenvalue weighted by Crippen LogP contribution is -2.50. The van der Waals surface area contributed by atoms with Crippen LogP contribution in [-0.4, -0.2) is 37.2 Å². The fourth-order valence-corrected chi connectivity index (χ4v) is 3.39. The van der Waals surface area contributed by atoms with Crippen LogP contribution < -0.4 is 20.1 Å². The monoisotopic (exact) mass is 451 g/mol. The number of hydrogen-bond acceptors (Lipinski definition) is 6. The predicted octanol–water partition coefficient (Wildman–Crippen LogP) is 3.99. The normalized spacial score (nSPS) is 12.7. The second-order valence-electron chi connectivity index (χ2n) is 7.98. The first-order chi connectivity index (χ1) is 15.8. The molecule has 2 atom stereocenters. The summed E-state index contributed by atoms with van der Waals surface area (Å²) < 4.78 is 16.0. The van der Waals surface area contributed by atoms with Gasteiger partial charge in [0, 0.05) is 12.1 Å². The number of nitrogens with one attached hydrogen (secondary N) is 2. The molecule has 0 fully saturated rings. The molecule has 174 valence electrons. The third kappa shape index (κ3) is 5.71. The van der Waals surface area contributed by atoms with Crippen molar-refractivity contribution in [3.05, 3.63) is 65.9 Å². The van der Waals surface area contributed by atoms with E-state index in [1.807, 2.05) is 51.1 Å². The highest BCUT2D eigenvalue weighted by molar-refractivity contribution is 5.97. The molecule has 0 unspecified atom stereocenters. The fraction of sp³-hybridized carbons (Fsp3) is 0.320. The second kappa shape index (κ2) is 10.7. The van der Waals surface area contributed by atoms with Gasteiger partial charge in [-0.15, -0.1) is 0 Å². The van der Waals surface area contributed by atoms with Crippen LogP contribution in [0.4, 0.5) is 0 Å². The van der Waals surface area contributed by atoms with E-state index >= 15 is 0 Å². The molecule has 0 spiro atoms. The minimum absolute atomic E-state index is 0.0671. The molecule has 2 N–H and O–H groups in total. The summed E-state index contributed by atoms with van der Waals surface area (Å²) in [7, 11) is 3.10. The molecule has 2 aromatic carbocycles. The molecule has 8 heteroatoms. The van der Waals surface area contributed by atoms with Gasteiger partial charge in [-0.05, 0) is 30.5 Å². The van der Waals surface area contributed by atoms with Gasteiger partial charge in [0.05, 0.1) is 25.8 Å². The number of rotatable bonds is 9. The van der Waals surface area contributed by atoms with Crippen LogP contribution in [0.5, 0.6) is 11.5 Å². The predicted molar refractivity (Wildman–Crippen MR) is 124 cm³/mol. The summed E-state index contributed by atoms with van der Waals surface area (Å²) in [5, 5.41) is 9.63. The first-order valence-electron chi connectivity index (χ1n) is 10.7. The molecule has 1 aromatic heterocycles. The first kappa shape index (κ1) is 23.8. The van der Waals surface area contributed by atoms with E-state index in [0.717, 1.165) is 5.56 Å². The molecule has 0 saturated heterocycles. The van der Waals surface area contributed by atoms with Gasteiger partial charge in [-0.1, -0.05) is 49.3 Å². The Balaban J connectivity index is 1.73. The minimum atomic E-state index is -0.737. The Morgan fingerprint density at radius 2 is 1.67 bits per heavy atom. The van der Waals surface area contributed by atoms with Crippen molar-refractivity contribution in [2.45, 2.75) is 32.9 Å². The number of aromatic nitrogens is 1. The molecule has 0 bridgehead atoms. The average Bonchev–Trinajstić information content (AvgIpc) is 3.32. The maximum Gasteiger partial charge on any atom is 0.274 e. The molecule has 0 radical (unpaired) electrons. The highest BCUT2D eigenvalue weighted by Gasteiger charge is 2.27. The smallest absolute Gasteiger partial charge is 0.274 e. The molecule has 1 heterocycles. The lowest BCUT2D eigenvalue weighted by atomic mass is 10.0. The lowest BCUT2D eigenvalue weighted by molar-refractivity contribution is -0.124. The lowest BCUT2D eigenvalue weighted by Gasteiger charge is -2.23. The molecule has 33 heavy (non-hydrogen) atoms. The maximum absolute atomic E-state index is 12.9. The van der Waals surface area contributed by atoms with Crippen molar-refractivity contribution < 1.29 is 23.6 Å². The van der Waals surface area contributed by atoms with Crippen LogP contribution in [-0.2, 0) is 4.79 Å². The third-order valence-corrected chi connectivity index (χ3v) is 5.31. The van der Waals surface area contributed by atoms with Gasteiger partial charge in [0.15, 0.2) is 11.5 Å². The second-order valence-corrected chi connectivity index (χ2v) is 7.98. The molecular formula is C25H29N3O5. The minimum Gasteiger partial charge on any atom is -0.497 e. The summed E-state index contributed by atoms with van der Waals surface area (Å²) in [6.07, 6.45) is 0. The number of methoxy groups -OCH3 is 2. The van der Waals surface area contributed by atoms with Crippen LogP contribution in [0.2, 0.25) is 0 Å². The number of nitrogens with zero attached hydrogens (tertiary/aromatic N) is 1. The number of ether oxygens (including phenoxy) is 2. The molecule has 8 nitrogen and oxygen atoms in total. The van der Waals surface area contributed by atoms with Gasteiger partial charge >= 0.3 is 0 Å². The van der Waals surface area contributed by atoms with Crippen molar-refractivity contribution in [3.8, 4) is 22.8 Å².